The summed E-state index contributed by atoms with van der Waals surface area (Å²) in [7, 11) is -1.52. The monoisotopic (exact) mass is 448 g/mol. The van der Waals surface area contributed by atoms with Crippen molar-refractivity contribution < 1.29 is 37.6 Å². The largest absolute Gasteiger partial charge is 0.481 e. The van der Waals surface area contributed by atoms with Crippen LogP contribution in [0.4, 0.5) is 20.6 Å². The molecular weight excluding hydrogens is 431 g/mol. The second-order valence-electron chi connectivity index (χ2n) is 6.41. The molecule has 0 aromatic heterocycles. The summed E-state index contributed by atoms with van der Waals surface area (Å²) in [6.45, 7) is -2.28. The molecule has 1 atom stereocenters. The average Bonchev–Trinajstić information content (AvgIpc) is 2.76. The van der Waals surface area contributed by atoms with Crippen LogP contribution in [0.2, 0.25) is 0 Å². The number of ether oxygens (including phenoxy) is 1. The number of carbonyl (C=O) groups excluding carboxylic acids is 3. The van der Waals surface area contributed by atoms with Gasteiger partial charge in [0.1, 0.15) is 12.7 Å². The van der Waals surface area contributed by atoms with Gasteiger partial charge in [-0.15, -0.1) is 0 Å². The second kappa shape index (κ2) is 9.47. The highest BCUT2D eigenvalue weighted by atomic mass is 32.2. The van der Waals surface area contributed by atoms with Crippen LogP contribution in [0.1, 0.15) is 6.42 Å². The summed E-state index contributed by atoms with van der Waals surface area (Å²) in [4.78, 5) is 49.1. The molecule has 31 heavy (non-hydrogen) atoms. The Bertz CT molecular complexity index is 1030. The molecule has 1 aliphatic rings. The second-order valence-corrected chi connectivity index (χ2v) is 7.83. The number of carbonyl (C=O) groups is 4. The van der Waals surface area contributed by atoms with Gasteiger partial charge in [-0.3, -0.25) is 14.4 Å². The van der Waals surface area contributed by atoms with E-state index >= 15 is 0 Å². The number of Topliss-reactive ketones (excluding diaryl/α,β-unsaturated/α-hetero) is 1. The summed E-state index contributed by atoms with van der Waals surface area (Å²) in [5.74, 6) is -3.48. The maximum Gasteiger partial charge on any atom is 0.419 e. The third kappa shape index (κ3) is 4.77. The number of hydrogen-bond acceptors (Lipinski definition) is 6. The molecule has 0 saturated heterocycles. The number of amides is 2. The molecule has 1 unspecified atom stereocenters. The lowest BCUT2D eigenvalue weighted by Gasteiger charge is -2.30. The molecule has 11 heteroatoms. The third-order valence-electron chi connectivity index (χ3n) is 4.36. The Balaban J connectivity index is 1.76. The zero-order valence-electron chi connectivity index (χ0n) is 15.9. The summed E-state index contributed by atoms with van der Waals surface area (Å²) in [6, 6.07) is 11.4. The molecule has 3 rings (SSSR count). The standard InChI is InChI=1S/C20H17FN2O7S/c21-10-15(24)12(9-19(26)27)22-18(25)11-30-20(28)23-13-5-1-3-7-16(13)31(29)17-8-4-2-6-14(17)23/h1-8,12H,9-11H2,(H,22,25)(H,26,27). The van der Waals surface area contributed by atoms with E-state index in [0.29, 0.717) is 21.2 Å². The minimum Gasteiger partial charge on any atom is -0.481 e. The van der Waals surface area contributed by atoms with E-state index < -0.39 is 60.3 Å². The predicted octanol–water partition coefficient (Wildman–Crippen LogP) is 1.94. The van der Waals surface area contributed by atoms with Crippen molar-refractivity contribution >= 4 is 45.9 Å². The number of aliphatic carboxylic acids is 1. The molecule has 0 spiro atoms. The van der Waals surface area contributed by atoms with Gasteiger partial charge in [0.15, 0.2) is 12.4 Å². The molecule has 0 aliphatic carbocycles. The van der Waals surface area contributed by atoms with Crippen LogP contribution in [0.3, 0.4) is 0 Å². The van der Waals surface area contributed by atoms with Crippen LogP contribution in [0, 0.1) is 0 Å². The number of halogens is 1. The van der Waals surface area contributed by atoms with E-state index in [0.717, 1.165) is 0 Å². The molecule has 2 aromatic carbocycles. The quantitative estimate of drug-likeness (QED) is 0.662. The number of carboxylic acid groups (broad SMARTS) is 1. The first-order valence-corrected chi connectivity index (χ1v) is 10.1. The molecule has 0 bridgehead atoms. The summed E-state index contributed by atoms with van der Waals surface area (Å²) in [5.41, 5.74) is 0.641. The van der Waals surface area contributed by atoms with Crippen molar-refractivity contribution in [3.63, 3.8) is 0 Å². The zero-order valence-corrected chi connectivity index (χ0v) is 16.8. The summed E-state index contributed by atoms with van der Waals surface area (Å²) >= 11 is 0. The molecule has 0 saturated carbocycles. The van der Waals surface area contributed by atoms with Crippen LogP contribution in [-0.2, 0) is 29.9 Å². The van der Waals surface area contributed by atoms with Gasteiger partial charge in [0.2, 0.25) is 0 Å². The van der Waals surface area contributed by atoms with Crippen molar-refractivity contribution in [1.29, 1.82) is 0 Å². The van der Waals surface area contributed by atoms with Gasteiger partial charge in [-0.2, -0.15) is 0 Å². The lowest BCUT2D eigenvalue weighted by atomic mass is 10.1. The lowest BCUT2D eigenvalue weighted by Crippen LogP contribution is -2.45. The molecule has 2 N–H and O–H groups in total. The summed E-state index contributed by atoms with van der Waals surface area (Å²) in [6.07, 6.45) is -1.75. The number of fused-ring (bicyclic) bond motifs is 2. The lowest BCUT2D eigenvalue weighted by molar-refractivity contribution is -0.140. The van der Waals surface area contributed by atoms with Crippen molar-refractivity contribution in [3.8, 4) is 0 Å². The van der Waals surface area contributed by atoms with E-state index in [9.17, 15) is 27.8 Å². The highest BCUT2D eigenvalue weighted by Crippen LogP contribution is 2.41. The number of alkyl halides is 1. The van der Waals surface area contributed by atoms with Gasteiger partial charge in [0.05, 0.1) is 38.4 Å². The Morgan fingerprint density at radius 1 is 1.03 bits per heavy atom. The first-order valence-electron chi connectivity index (χ1n) is 9.00. The Morgan fingerprint density at radius 3 is 2.10 bits per heavy atom. The molecule has 9 nitrogen and oxygen atoms in total. The first-order chi connectivity index (χ1) is 14.8. The topological polar surface area (TPSA) is 130 Å². The number of nitrogens with zero attached hydrogens (tertiary/aromatic N) is 1. The van der Waals surface area contributed by atoms with Gasteiger partial charge in [-0.1, -0.05) is 24.3 Å². The highest BCUT2D eigenvalue weighted by molar-refractivity contribution is 7.85. The molecule has 0 fully saturated rings. The van der Waals surface area contributed by atoms with Crippen molar-refractivity contribution in [1.82, 2.24) is 5.32 Å². The van der Waals surface area contributed by atoms with Crippen molar-refractivity contribution in [2.24, 2.45) is 0 Å². The van der Waals surface area contributed by atoms with Gasteiger partial charge >= 0.3 is 12.1 Å². The third-order valence-corrected chi connectivity index (χ3v) is 5.84. The molecule has 0 radical (unpaired) electrons. The zero-order chi connectivity index (χ0) is 22.5. The minimum atomic E-state index is -1.58. The minimum absolute atomic E-state index is 0.321. The van der Waals surface area contributed by atoms with Crippen LogP contribution in [0.15, 0.2) is 58.3 Å². The van der Waals surface area contributed by atoms with E-state index in [1.807, 2.05) is 5.32 Å². The van der Waals surface area contributed by atoms with E-state index in [1.54, 1.807) is 48.5 Å². The summed E-state index contributed by atoms with van der Waals surface area (Å²) in [5, 5.41) is 10.8. The predicted molar refractivity (Wildman–Crippen MR) is 106 cm³/mol. The SMILES string of the molecule is O=C(O)CC(NC(=O)COC(=O)N1c2ccccc2S(=O)c2ccccc21)C(=O)CF. The van der Waals surface area contributed by atoms with Crippen LogP contribution in [-0.4, -0.2) is 52.4 Å². The average molecular weight is 448 g/mol. The molecule has 1 aliphatic heterocycles. The Labute approximate surface area is 178 Å². The number of benzene rings is 2. The van der Waals surface area contributed by atoms with Crippen molar-refractivity contribution in [3.05, 3.63) is 48.5 Å². The number of carboxylic acids is 1. The molecular formula is C20H17FN2O7S. The number of nitrogens with one attached hydrogen (secondary N) is 1. The maximum absolute atomic E-state index is 12.8. The Kier molecular flexibility index (Phi) is 6.75. The van der Waals surface area contributed by atoms with Crippen LogP contribution in [0.25, 0.3) is 0 Å². The van der Waals surface area contributed by atoms with Crippen LogP contribution >= 0.6 is 0 Å². The fourth-order valence-corrected chi connectivity index (χ4v) is 4.32. The number of hydrogen-bond donors (Lipinski definition) is 2. The van der Waals surface area contributed by atoms with Crippen LogP contribution < -0.4 is 10.2 Å². The van der Waals surface area contributed by atoms with Crippen LogP contribution in [0.5, 0.6) is 0 Å². The number of para-hydroxylation sites is 2. The summed E-state index contributed by atoms with van der Waals surface area (Å²) < 4.78 is 30.4. The number of rotatable bonds is 7. The van der Waals surface area contributed by atoms with Gasteiger partial charge in [0.25, 0.3) is 5.91 Å². The van der Waals surface area contributed by atoms with Crippen molar-refractivity contribution in [2.45, 2.75) is 22.3 Å². The maximum atomic E-state index is 12.8. The van der Waals surface area contributed by atoms with E-state index in [4.69, 9.17) is 9.84 Å². The molecule has 2 amide bonds. The molecule has 1 heterocycles. The molecule has 162 valence electrons. The van der Waals surface area contributed by atoms with Crippen molar-refractivity contribution in [2.75, 3.05) is 18.2 Å². The van der Waals surface area contributed by atoms with E-state index in [-0.39, 0.29) is 0 Å². The Morgan fingerprint density at radius 2 is 1.58 bits per heavy atom. The number of ketones is 1. The van der Waals surface area contributed by atoms with Gasteiger partial charge in [0, 0.05) is 0 Å². The van der Waals surface area contributed by atoms with Gasteiger partial charge in [-0.25, -0.2) is 18.3 Å². The fourth-order valence-electron chi connectivity index (χ4n) is 2.98. The first kappa shape index (κ1) is 22.1. The number of anilines is 2. The smallest absolute Gasteiger partial charge is 0.419 e. The Hall–Kier alpha value is -3.60. The fraction of sp³-hybridized carbons (Fsp3) is 0.200. The molecule has 2 aromatic rings. The highest BCUT2D eigenvalue weighted by Gasteiger charge is 2.33. The van der Waals surface area contributed by atoms with Gasteiger partial charge < -0.3 is 15.2 Å². The van der Waals surface area contributed by atoms with E-state index in [2.05, 4.69) is 0 Å². The normalized spacial score (nSPS) is 13.5. The van der Waals surface area contributed by atoms with E-state index in [1.165, 1.54) is 4.90 Å². The van der Waals surface area contributed by atoms with Gasteiger partial charge in [-0.05, 0) is 24.3 Å².